The van der Waals surface area contributed by atoms with Crippen LogP contribution in [0.15, 0.2) is 35.5 Å². The quantitative estimate of drug-likeness (QED) is 0.500. The molecule has 0 heterocycles. The number of allylic oxidation sites excluding steroid dienone is 4. The number of Topliss-reactive ketones (excluding diaryl/α,β-unsaturated/α-hetero) is 1. The molecule has 6 atom stereocenters. The molecule has 4 aliphatic carbocycles. The van der Waals surface area contributed by atoms with E-state index in [-0.39, 0.29) is 28.8 Å². The molecular formula is C25H32O4. The molecule has 0 aliphatic heterocycles. The smallest absolute Gasteiger partial charge is 0.303 e. The van der Waals surface area contributed by atoms with Gasteiger partial charge in [-0.25, -0.2) is 0 Å². The van der Waals surface area contributed by atoms with Gasteiger partial charge in [-0.2, -0.15) is 0 Å². The normalized spacial score (nSPS) is 43.6. The molecule has 0 aromatic heterocycles. The Bertz CT molecular complexity index is 892. The fraction of sp³-hybridized carbons (Fsp3) is 0.640. The lowest BCUT2D eigenvalue weighted by Crippen LogP contribution is -2.58. The van der Waals surface area contributed by atoms with Crippen LogP contribution in [-0.2, 0) is 19.1 Å². The predicted molar refractivity (Wildman–Crippen MR) is 111 cm³/mol. The minimum Gasteiger partial charge on any atom is -0.446 e. The van der Waals surface area contributed by atoms with Gasteiger partial charge in [-0.05, 0) is 79.9 Å². The summed E-state index contributed by atoms with van der Waals surface area (Å²) in [5.41, 5.74) is 1.43. The van der Waals surface area contributed by atoms with Crippen molar-refractivity contribution in [3.8, 4) is 0 Å². The van der Waals surface area contributed by atoms with E-state index in [1.807, 2.05) is 6.08 Å². The summed E-state index contributed by atoms with van der Waals surface area (Å²) in [6, 6.07) is 0. The molecule has 0 unspecified atom stereocenters. The number of hydrogen-bond acceptors (Lipinski definition) is 4. The molecule has 0 spiro atoms. The van der Waals surface area contributed by atoms with E-state index in [4.69, 9.17) is 4.74 Å². The highest BCUT2D eigenvalue weighted by molar-refractivity contribution is 5.93. The lowest BCUT2D eigenvalue weighted by Gasteiger charge is -2.57. The Morgan fingerprint density at radius 1 is 1.17 bits per heavy atom. The van der Waals surface area contributed by atoms with Crippen molar-refractivity contribution in [2.75, 3.05) is 0 Å². The van der Waals surface area contributed by atoms with Gasteiger partial charge < -0.3 is 4.74 Å². The van der Waals surface area contributed by atoms with Crippen molar-refractivity contribution < 1.29 is 19.1 Å². The topological polar surface area (TPSA) is 60.4 Å². The Labute approximate surface area is 173 Å². The lowest BCUT2D eigenvalue weighted by atomic mass is 9.47. The number of hydrogen-bond donors (Lipinski definition) is 0. The molecule has 0 amide bonds. The van der Waals surface area contributed by atoms with Gasteiger partial charge in [0.2, 0.25) is 0 Å². The molecule has 4 heteroatoms. The molecular weight excluding hydrogens is 364 g/mol. The third-order valence-corrected chi connectivity index (χ3v) is 8.78. The van der Waals surface area contributed by atoms with E-state index < -0.39 is 17.0 Å². The first-order chi connectivity index (χ1) is 13.5. The maximum absolute atomic E-state index is 12.9. The monoisotopic (exact) mass is 396 g/mol. The maximum Gasteiger partial charge on any atom is 0.303 e. The second-order valence-electron chi connectivity index (χ2n) is 10.2. The van der Waals surface area contributed by atoms with Gasteiger partial charge in [-0.1, -0.05) is 32.1 Å². The number of rotatable bonds is 2. The fourth-order valence-corrected chi connectivity index (χ4v) is 7.50. The minimum atomic E-state index is -1.23. The van der Waals surface area contributed by atoms with Gasteiger partial charge in [0.25, 0.3) is 0 Å². The molecule has 0 aromatic rings. The van der Waals surface area contributed by atoms with Gasteiger partial charge in [0.1, 0.15) is 0 Å². The zero-order valence-electron chi connectivity index (χ0n) is 18.3. The first-order valence-electron chi connectivity index (χ1n) is 10.8. The number of esters is 1. The molecule has 0 N–H and O–H groups in total. The largest absolute Gasteiger partial charge is 0.446 e. The van der Waals surface area contributed by atoms with E-state index in [1.165, 1.54) is 25.0 Å². The van der Waals surface area contributed by atoms with Crippen molar-refractivity contribution in [3.05, 3.63) is 35.5 Å². The van der Waals surface area contributed by atoms with Gasteiger partial charge in [0.15, 0.2) is 17.2 Å². The molecule has 2 fully saturated rings. The highest BCUT2D eigenvalue weighted by Crippen LogP contribution is 2.68. The van der Waals surface area contributed by atoms with Crippen molar-refractivity contribution in [2.24, 2.45) is 28.6 Å². The Morgan fingerprint density at radius 2 is 1.86 bits per heavy atom. The van der Waals surface area contributed by atoms with Crippen LogP contribution in [0.25, 0.3) is 0 Å². The molecule has 2 saturated carbocycles. The Balaban J connectivity index is 1.84. The summed E-state index contributed by atoms with van der Waals surface area (Å²) in [7, 11) is 0. The van der Waals surface area contributed by atoms with E-state index >= 15 is 0 Å². The molecule has 4 rings (SSSR count). The predicted octanol–water partition coefficient (Wildman–Crippen LogP) is 4.74. The molecule has 0 saturated heterocycles. The maximum atomic E-state index is 12.9. The first-order valence-corrected chi connectivity index (χ1v) is 10.8. The second kappa shape index (κ2) is 6.26. The van der Waals surface area contributed by atoms with Gasteiger partial charge >= 0.3 is 5.97 Å². The van der Waals surface area contributed by atoms with Gasteiger partial charge in [-0.3, -0.25) is 14.4 Å². The summed E-state index contributed by atoms with van der Waals surface area (Å²) in [5.74, 6) is 0.595. The first kappa shape index (κ1) is 20.3. The number of carbonyl (C=O) groups is 3. The number of fused-ring (bicyclic) bond motifs is 5. The van der Waals surface area contributed by atoms with Gasteiger partial charge in [0, 0.05) is 18.8 Å². The fourth-order valence-electron chi connectivity index (χ4n) is 7.50. The third kappa shape index (κ3) is 2.47. The highest BCUT2D eigenvalue weighted by Gasteiger charge is 2.69. The van der Waals surface area contributed by atoms with E-state index in [9.17, 15) is 14.4 Å². The Hall–Kier alpha value is -1.97. The summed E-state index contributed by atoms with van der Waals surface area (Å²) in [5, 5.41) is 0. The van der Waals surface area contributed by atoms with E-state index in [1.54, 1.807) is 0 Å². The SMILES string of the molecule is C=C1C[C@@H]2[C@H]3C=C(C)C4=CC(=O)CC[C@@]4(C)[C@@H]3CC[C@@]2(C)[C@]1(OC(C)=O)C(C)=O. The lowest BCUT2D eigenvalue weighted by molar-refractivity contribution is -0.179. The van der Waals surface area contributed by atoms with Crippen LogP contribution >= 0.6 is 0 Å². The summed E-state index contributed by atoms with van der Waals surface area (Å²) < 4.78 is 5.83. The van der Waals surface area contributed by atoms with Gasteiger partial charge in [0.05, 0.1) is 0 Å². The van der Waals surface area contributed by atoms with E-state index in [0.29, 0.717) is 18.8 Å². The summed E-state index contributed by atoms with van der Waals surface area (Å²) in [6.07, 6.45) is 8.15. The molecule has 29 heavy (non-hydrogen) atoms. The molecule has 0 aromatic carbocycles. The number of ketones is 2. The van der Waals surface area contributed by atoms with Crippen LogP contribution in [0.5, 0.6) is 0 Å². The zero-order chi connectivity index (χ0) is 21.4. The van der Waals surface area contributed by atoms with Crippen molar-refractivity contribution >= 4 is 17.5 Å². The van der Waals surface area contributed by atoms with Crippen LogP contribution in [0.3, 0.4) is 0 Å². The van der Waals surface area contributed by atoms with E-state index in [0.717, 1.165) is 24.8 Å². The van der Waals surface area contributed by atoms with Gasteiger partial charge in [-0.15, -0.1) is 0 Å². The van der Waals surface area contributed by atoms with Crippen LogP contribution in [0.1, 0.15) is 66.7 Å². The van der Waals surface area contributed by atoms with Crippen LogP contribution < -0.4 is 0 Å². The molecule has 0 bridgehead atoms. The van der Waals surface area contributed by atoms with Crippen LogP contribution in [0, 0.1) is 28.6 Å². The van der Waals surface area contributed by atoms with Crippen LogP contribution in [0.4, 0.5) is 0 Å². The highest BCUT2D eigenvalue weighted by atomic mass is 16.6. The van der Waals surface area contributed by atoms with Crippen LogP contribution in [-0.4, -0.2) is 23.1 Å². The van der Waals surface area contributed by atoms with E-state index in [2.05, 4.69) is 33.4 Å². The summed E-state index contributed by atoms with van der Waals surface area (Å²) >= 11 is 0. The zero-order valence-corrected chi connectivity index (χ0v) is 18.3. The van der Waals surface area contributed by atoms with Crippen LogP contribution in [0.2, 0.25) is 0 Å². The average Bonchev–Trinajstić information content (AvgIpc) is 2.85. The second-order valence-corrected chi connectivity index (χ2v) is 10.2. The molecule has 4 nitrogen and oxygen atoms in total. The summed E-state index contributed by atoms with van der Waals surface area (Å²) in [6.45, 7) is 13.7. The molecule has 156 valence electrons. The number of carbonyl (C=O) groups excluding carboxylic acids is 3. The molecule has 4 aliphatic rings. The third-order valence-electron chi connectivity index (χ3n) is 8.78. The Kier molecular flexibility index (Phi) is 4.39. The van der Waals surface area contributed by atoms with Crippen molar-refractivity contribution in [2.45, 2.75) is 72.3 Å². The minimum absolute atomic E-state index is 0.0109. The summed E-state index contributed by atoms with van der Waals surface area (Å²) in [4.78, 5) is 37.0. The van der Waals surface area contributed by atoms with Crippen molar-refractivity contribution in [1.29, 1.82) is 0 Å². The Morgan fingerprint density at radius 3 is 2.48 bits per heavy atom. The average molecular weight is 397 g/mol. The molecule has 0 radical (unpaired) electrons. The number of ether oxygens (including phenoxy) is 1. The standard InChI is InChI=1S/C25H32O4/c1-14-11-19-20(23(5)9-7-18(28)13-21(14)23)8-10-24(6)22(19)12-15(2)25(24,16(3)26)29-17(4)27/h11,13,19-20,22H,2,7-10,12H2,1,3-6H3/t19-,20+,22+,23-,24+,25+/m0/s1. The van der Waals surface area contributed by atoms with Crippen molar-refractivity contribution in [3.63, 3.8) is 0 Å². The van der Waals surface area contributed by atoms with Crippen molar-refractivity contribution in [1.82, 2.24) is 0 Å².